The number of amides is 1. The molecule has 2 aromatic carbocycles. The lowest BCUT2D eigenvalue weighted by atomic mass is 10.1. The summed E-state index contributed by atoms with van der Waals surface area (Å²) in [5, 5.41) is 15.1. The number of halogens is 2. The summed E-state index contributed by atoms with van der Waals surface area (Å²) in [5.74, 6) is -1.51. The van der Waals surface area contributed by atoms with Gasteiger partial charge in [-0.15, -0.1) is 10.2 Å². The topological polar surface area (TPSA) is 117 Å². The molecule has 204 valence electrons. The molecule has 0 aliphatic carbocycles. The maximum Gasteiger partial charge on any atom is 0.407 e. The molecule has 1 N–H and O–H groups in total. The van der Waals surface area contributed by atoms with Crippen LogP contribution < -0.4 is 10.1 Å². The lowest BCUT2D eigenvalue weighted by Crippen LogP contribution is -2.43. The van der Waals surface area contributed by atoms with Crippen molar-refractivity contribution < 1.29 is 32.6 Å². The van der Waals surface area contributed by atoms with Crippen LogP contribution in [-0.2, 0) is 20.8 Å². The SMILES string of the molecule is CC(C)(C)OC(=O)CC(Cn1nnc(-c2cccc(Oc3cc(F)cc(F)c3)c2)n1)NC(=O)OC(C)(C)C. The number of nitrogens with zero attached hydrogens (tertiary/aromatic N) is 4. The van der Waals surface area contributed by atoms with Crippen molar-refractivity contribution >= 4 is 12.1 Å². The third-order valence-electron chi connectivity index (χ3n) is 4.55. The molecule has 10 nitrogen and oxygen atoms in total. The molecule has 0 spiro atoms. The molecule has 12 heteroatoms. The first-order valence-electron chi connectivity index (χ1n) is 11.9. The van der Waals surface area contributed by atoms with Gasteiger partial charge in [0.2, 0.25) is 5.82 Å². The number of rotatable bonds is 8. The maximum absolute atomic E-state index is 13.5. The molecular weight excluding hydrogens is 500 g/mol. The molecule has 0 bridgehead atoms. The third-order valence-corrected chi connectivity index (χ3v) is 4.55. The first kappa shape index (κ1) is 28.5. The number of carbonyl (C=O) groups is 2. The summed E-state index contributed by atoms with van der Waals surface area (Å²) < 4.78 is 43.2. The Morgan fingerprint density at radius 2 is 1.61 bits per heavy atom. The fraction of sp³-hybridized carbons (Fsp3) is 0.423. The van der Waals surface area contributed by atoms with Crippen molar-refractivity contribution in [2.45, 2.75) is 71.8 Å². The number of benzene rings is 2. The second kappa shape index (κ2) is 11.5. The second-order valence-electron chi connectivity index (χ2n) is 10.5. The Bertz CT molecular complexity index is 1230. The van der Waals surface area contributed by atoms with Crippen LogP contribution in [0.4, 0.5) is 13.6 Å². The summed E-state index contributed by atoms with van der Waals surface area (Å²) in [6, 6.07) is 8.69. The highest BCUT2D eigenvalue weighted by Crippen LogP contribution is 2.26. The molecule has 1 amide bonds. The van der Waals surface area contributed by atoms with Gasteiger partial charge >= 0.3 is 12.1 Å². The van der Waals surface area contributed by atoms with Crippen molar-refractivity contribution in [2.75, 3.05) is 0 Å². The minimum absolute atomic E-state index is 0.00421. The predicted octanol–water partition coefficient (Wildman–Crippen LogP) is 5.04. The van der Waals surface area contributed by atoms with Crippen LogP contribution in [0.25, 0.3) is 11.4 Å². The molecule has 0 fully saturated rings. The zero-order valence-electron chi connectivity index (χ0n) is 22.1. The first-order valence-corrected chi connectivity index (χ1v) is 11.9. The predicted molar refractivity (Wildman–Crippen MR) is 133 cm³/mol. The Hall–Kier alpha value is -4.09. The molecule has 1 unspecified atom stereocenters. The van der Waals surface area contributed by atoms with Gasteiger partial charge in [0.25, 0.3) is 0 Å². The van der Waals surface area contributed by atoms with E-state index < -0.39 is 40.9 Å². The summed E-state index contributed by atoms with van der Waals surface area (Å²) in [7, 11) is 0. The standard InChI is InChI=1S/C26H31F2N5O5/c1-25(2,3)37-22(34)14-19(29-24(35)38-26(4,5)6)15-33-31-23(30-32-33)16-8-7-9-20(10-16)36-21-12-17(27)11-18(28)13-21/h7-13,19H,14-15H2,1-6H3,(H,29,35). The van der Waals surface area contributed by atoms with Gasteiger partial charge in [-0.1, -0.05) is 12.1 Å². The van der Waals surface area contributed by atoms with Gasteiger partial charge in [-0.3, -0.25) is 4.79 Å². The van der Waals surface area contributed by atoms with Crippen LogP contribution >= 0.6 is 0 Å². The first-order chi connectivity index (χ1) is 17.6. The van der Waals surface area contributed by atoms with Crippen molar-refractivity contribution in [2.24, 2.45) is 0 Å². The minimum atomic E-state index is -0.762. The molecule has 3 rings (SSSR count). The summed E-state index contributed by atoms with van der Waals surface area (Å²) >= 11 is 0. The molecule has 0 saturated heterocycles. The smallest absolute Gasteiger partial charge is 0.407 e. The average molecular weight is 532 g/mol. The fourth-order valence-electron chi connectivity index (χ4n) is 3.28. The number of esters is 1. The van der Waals surface area contributed by atoms with Crippen LogP contribution in [0.2, 0.25) is 0 Å². The molecule has 1 heterocycles. The third kappa shape index (κ3) is 9.41. The van der Waals surface area contributed by atoms with Gasteiger partial charge in [-0.05, 0) is 58.9 Å². The maximum atomic E-state index is 13.5. The number of nitrogens with one attached hydrogen (secondary N) is 1. The number of carbonyl (C=O) groups excluding carboxylic acids is 2. The average Bonchev–Trinajstić information content (AvgIpc) is 3.18. The van der Waals surface area contributed by atoms with E-state index >= 15 is 0 Å². The Labute approximate surface area is 219 Å². The van der Waals surface area contributed by atoms with E-state index in [2.05, 4.69) is 20.7 Å². The summed E-state index contributed by atoms with van der Waals surface area (Å²) in [6.07, 6.45) is -0.856. The quantitative estimate of drug-likeness (QED) is 0.402. The normalized spacial score (nSPS) is 12.5. The van der Waals surface area contributed by atoms with E-state index in [1.807, 2.05) is 0 Å². The Kier molecular flexibility index (Phi) is 8.64. The monoisotopic (exact) mass is 531 g/mol. The molecule has 0 saturated carbocycles. The van der Waals surface area contributed by atoms with E-state index in [1.54, 1.807) is 65.8 Å². The lowest BCUT2D eigenvalue weighted by Gasteiger charge is -2.24. The highest BCUT2D eigenvalue weighted by molar-refractivity contribution is 5.73. The van der Waals surface area contributed by atoms with Gasteiger partial charge in [0.05, 0.1) is 19.0 Å². The van der Waals surface area contributed by atoms with Crippen LogP contribution in [-0.4, -0.2) is 49.5 Å². The van der Waals surface area contributed by atoms with Crippen molar-refractivity contribution in [3.05, 3.63) is 54.1 Å². The summed E-state index contributed by atoms with van der Waals surface area (Å²) in [6.45, 7) is 10.4. The van der Waals surface area contributed by atoms with E-state index in [1.165, 1.54) is 4.80 Å². The minimum Gasteiger partial charge on any atom is -0.460 e. The number of tetrazole rings is 1. The molecule has 38 heavy (non-hydrogen) atoms. The number of alkyl carbamates (subject to hydrolysis) is 1. The second-order valence-corrected chi connectivity index (χ2v) is 10.5. The van der Waals surface area contributed by atoms with Crippen molar-refractivity contribution in [3.8, 4) is 22.9 Å². The Morgan fingerprint density at radius 3 is 2.24 bits per heavy atom. The van der Waals surface area contributed by atoms with Gasteiger partial charge in [0.1, 0.15) is 34.3 Å². The number of hydrogen-bond donors (Lipinski definition) is 1. The number of ether oxygens (including phenoxy) is 3. The van der Waals surface area contributed by atoms with Crippen LogP contribution in [0, 0.1) is 11.6 Å². The van der Waals surface area contributed by atoms with Crippen LogP contribution in [0.1, 0.15) is 48.0 Å². The summed E-state index contributed by atoms with van der Waals surface area (Å²) in [5.41, 5.74) is -0.908. The van der Waals surface area contributed by atoms with Gasteiger partial charge in [0, 0.05) is 23.8 Å². The Morgan fingerprint density at radius 1 is 0.947 bits per heavy atom. The van der Waals surface area contributed by atoms with Crippen LogP contribution in [0.3, 0.4) is 0 Å². The number of hydrogen-bond acceptors (Lipinski definition) is 8. The number of aromatic nitrogens is 4. The molecule has 0 radical (unpaired) electrons. The van der Waals surface area contributed by atoms with Crippen molar-refractivity contribution in [1.82, 2.24) is 25.5 Å². The molecule has 0 aliphatic heterocycles. The van der Waals surface area contributed by atoms with Gasteiger partial charge in [0.15, 0.2) is 0 Å². The highest BCUT2D eigenvalue weighted by Gasteiger charge is 2.25. The van der Waals surface area contributed by atoms with Crippen molar-refractivity contribution in [3.63, 3.8) is 0 Å². The highest BCUT2D eigenvalue weighted by atomic mass is 19.1. The molecule has 1 atom stereocenters. The van der Waals surface area contributed by atoms with Gasteiger partial charge in [-0.2, -0.15) is 4.80 Å². The molecule has 3 aromatic rings. The zero-order chi connectivity index (χ0) is 28.1. The largest absolute Gasteiger partial charge is 0.460 e. The van der Waals surface area contributed by atoms with Crippen LogP contribution in [0.5, 0.6) is 11.5 Å². The zero-order valence-corrected chi connectivity index (χ0v) is 22.1. The van der Waals surface area contributed by atoms with Gasteiger partial charge < -0.3 is 19.5 Å². The van der Waals surface area contributed by atoms with E-state index in [4.69, 9.17) is 14.2 Å². The van der Waals surface area contributed by atoms with E-state index in [9.17, 15) is 18.4 Å². The van der Waals surface area contributed by atoms with Crippen LogP contribution in [0.15, 0.2) is 42.5 Å². The lowest BCUT2D eigenvalue weighted by molar-refractivity contribution is -0.155. The van der Waals surface area contributed by atoms with E-state index in [0.29, 0.717) is 11.3 Å². The van der Waals surface area contributed by atoms with E-state index in [0.717, 1.165) is 18.2 Å². The van der Waals surface area contributed by atoms with Gasteiger partial charge in [-0.25, -0.2) is 13.6 Å². The molecule has 1 aromatic heterocycles. The summed E-state index contributed by atoms with van der Waals surface area (Å²) in [4.78, 5) is 26.0. The van der Waals surface area contributed by atoms with E-state index in [-0.39, 0.29) is 24.5 Å². The Balaban J connectivity index is 1.75. The fourth-order valence-corrected chi connectivity index (χ4v) is 3.28. The van der Waals surface area contributed by atoms with Crippen molar-refractivity contribution in [1.29, 1.82) is 0 Å². The molecular formula is C26H31F2N5O5. The molecule has 0 aliphatic rings.